The minimum Gasteiger partial charge on any atom is -0.494 e. The van der Waals surface area contributed by atoms with Crippen molar-refractivity contribution in [3.63, 3.8) is 0 Å². The molecule has 23 heavy (non-hydrogen) atoms. The topological polar surface area (TPSA) is 90.7 Å². The molecular weight excluding hydrogens is 347 g/mol. The number of hydrogen-bond donors (Lipinski definition) is 1. The van der Waals surface area contributed by atoms with Gasteiger partial charge in [-0.3, -0.25) is 4.79 Å². The molecule has 0 saturated heterocycles. The molecule has 2 rings (SSSR count). The number of halogens is 2. The van der Waals surface area contributed by atoms with Gasteiger partial charge in [-0.25, -0.2) is 4.79 Å². The summed E-state index contributed by atoms with van der Waals surface area (Å²) in [7, 11) is 1.40. The molecular formula is C14H12Cl2N2O5. The van der Waals surface area contributed by atoms with Gasteiger partial charge in [-0.2, -0.15) is 0 Å². The molecule has 1 aromatic carbocycles. The highest BCUT2D eigenvalue weighted by atomic mass is 35.5. The Bertz CT molecular complexity index is 722. The molecule has 0 fully saturated rings. The average Bonchev–Trinajstić information content (AvgIpc) is 2.89. The molecule has 0 atom stereocenters. The largest absolute Gasteiger partial charge is 0.494 e. The zero-order valence-corrected chi connectivity index (χ0v) is 13.7. The van der Waals surface area contributed by atoms with Crippen molar-refractivity contribution in [2.24, 2.45) is 0 Å². The van der Waals surface area contributed by atoms with Gasteiger partial charge >= 0.3 is 5.97 Å². The lowest BCUT2D eigenvalue weighted by atomic mass is 10.2. The molecule has 0 aliphatic carbocycles. The van der Waals surface area contributed by atoms with Gasteiger partial charge in [-0.15, -0.1) is 0 Å². The van der Waals surface area contributed by atoms with Crippen LogP contribution in [0, 0.1) is 6.92 Å². The summed E-state index contributed by atoms with van der Waals surface area (Å²) in [4.78, 5) is 23.6. The quantitative estimate of drug-likeness (QED) is 0.825. The molecule has 1 amide bonds. The maximum atomic E-state index is 11.9. The number of benzene rings is 1. The minimum absolute atomic E-state index is 0.103. The number of amides is 1. The van der Waals surface area contributed by atoms with Gasteiger partial charge in [0, 0.05) is 6.07 Å². The molecule has 1 aromatic heterocycles. The van der Waals surface area contributed by atoms with E-state index in [1.165, 1.54) is 25.3 Å². The van der Waals surface area contributed by atoms with Crippen LogP contribution in [0.3, 0.4) is 0 Å². The van der Waals surface area contributed by atoms with E-state index in [2.05, 4.69) is 10.5 Å². The molecule has 0 radical (unpaired) electrons. The Labute approximate surface area is 141 Å². The third-order valence-corrected chi connectivity index (χ3v) is 3.23. The van der Waals surface area contributed by atoms with Gasteiger partial charge in [-0.1, -0.05) is 28.4 Å². The average molecular weight is 359 g/mol. The summed E-state index contributed by atoms with van der Waals surface area (Å²) in [5.41, 5.74) is 0.103. The van der Waals surface area contributed by atoms with E-state index in [0.717, 1.165) is 0 Å². The van der Waals surface area contributed by atoms with E-state index in [-0.39, 0.29) is 27.2 Å². The second-order valence-corrected chi connectivity index (χ2v) is 5.23. The van der Waals surface area contributed by atoms with Gasteiger partial charge < -0.3 is 19.3 Å². The first-order valence-electron chi connectivity index (χ1n) is 6.34. The molecule has 0 saturated carbocycles. The fourth-order valence-electron chi connectivity index (χ4n) is 1.69. The van der Waals surface area contributed by atoms with Crippen LogP contribution in [0.2, 0.25) is 10.0 Å². The molecule has 7 nitrogen and oxygen atoms in total. The number of carbonyl (C=O) groups excluding carboxylic acids is 2. The molecule has 9 heteroatoms. The molecule has 1 N–H and O–H groups in total. The molecule has 2 aromatic rings. The third kappa shape index (κ3) is 4.37. The number of anilines is 1. The lowest BCUT2D eigenvalue weighted by Gasteiger charge is -2.08. The van der Waals surface area contributed by atoms with Gasteiger partial charge in [0.25, 0.3) is 5.91 Å². The zero-order valence-electron chi connectivity index (χ0n) is 12.2. The van der Waals surface area contributed by atoms with Crippen molar-refractivity contribution in [2.45, 2.75) is 6.92 Å². The standard InChI is InChI=1S/C14H12Cl2N2O5/c1-7-3-11(18-23-7)17-12(19)6-22-14(20)8-4-9(15)13(21-2)10(16)5-8/h3-5H,6H2,1-2H3,(H,17,18,19). The summed E-state index contributed by atoms with van der Waals surface area (Å²) in [6.45, 7) is 1.19. The van der Waals surface area contributed by atoms with Crippen molar-refractivity contribution in [3.05, 3.63) is 39.6 Å². The number of nitrogens with one attached hydrogen (secondary N) is 1. The van der Waals surface area contributed by atoms with Gasteiger partial charge in [-0.05, 0) is 19.1 Å². The van der Waals surface area contributed by atoms with E-state index in [4.69, 9.17) is 37.2 Å². The predicted octanol–water partition coefficient (Wildman–Crippen LogP) is 3.09. The second kappa shape index (κ2) is 7.34. The summed E-state index contributed by atoms with van der Waals surface area (Å²) >= 11 is 11.9. The summed E-state index contributed by atoms with van der Waals surface area (Å²) < 4.78 is 14.7. The van der Waals surface area contributed by atoms with E-state index in [1.807, 2.05) is 0 Å². The summed E-state index contributed by atoms with van der Waals surface area (Å²) in [5.74, 6) is -0.275. The van der Waals surface area contributed by atoms with Crippen molar-refractivity contribution >= 4 is 40.9 Å². The van der Waals surface area contributed by atoms with Crippen LogP contribution in [0.1, 0.15) is 16.1 Å². The van der Waals surface area contributed by atoms with Crippen LogP contribution in [0.5, 0.6) is 5.75 Å². The molecule has 0 aliphatic rings. The van der Waals surface area contributed by atoms with Crippen molar-refractivity contribution < 1.29 is 23.6 Å². The lowest BCUT2D eigenvalue weighted by Crippen LogP contribution is -2.21. The maximum absolute atomic E-state index is 11.9. The Balaban J connectivity index is 1.95. The Hall–Kier alpha value is -2.25. The van der Waals surface area contributed by atoms with E-state index < -0.39 is 18.5 Å². The van der Waals surface area contributed by atoms with Gasteiger partial charge in [0.1, 0.15) is 5.76 Å². The molecule has 0 aliphatic heterocycles. The number of aryl methyl sites for hydroxylation is 1. The smallest absolute Gasteiger partial charge is 0.338 e. The van der Waals surface area contributed by atoms with Crippen LogP contribution in [0.25, 0.3) is 0 Å². The number of esters is 1. The first-order valence-corrected chi connectivity index (χ1v) is 7.09. The monoisotopic (exact) mass is 358 g/mol. The maximum Gasteiger partial charge on any atom is 0.338 e. The molecule has 122 valence electrons. The Morgan fingerprint density at radius 3 is 2.43 bits per heavy atom. The fourth-order valence-corrected chi connectivity index (χ4v) is 2.33. The van der Waals surface area contributed by atoms with E-state index in [0.29, 0.717) is 5.76 Å². The summed E-state index contributed by atoms with van der Waals surface area (Å²) in [5, 5.41) is 6.33. The normalized spacial score (nSPS) is 10.3. The summed E-state index contributed by atoms with van der Waals surface area (Å²) in [6, 6.07) is 4.21. The summed E-state index contributed by atoms with van der Waals surface area (Å²) in [6.07, 6.45) is 0. The number of aromatic nitrogens is 1. The van der Waals surface area contributed by atoms with Crippen LogP contribution >= 0.6 is 23.2 Å². The highest BCUT2D eigenvalue weighted by molar-refractivity contribution is 6.37. The molecule has 1 heterocycles. The molecule has 0 spiro atoms. The second-order valence-electron chi connectivity index (χ2n) is 4.42. The van der Waals surface area contributed by atoms with Gasteiger partial charge in [0.15, 0.2) is 18.2 Å². The lowest BCUT2D eigenvalue weighted by molar-refractivity contribution is -0.119. The number of rotatable bonds is 5. The molecule has 0 unspecified atom stereocenters. The van der Waals surface area contributed by atoms with Crippen molar-refractivity contribution in [2.75, 3.05) is 19.0 Å². The van der Waals surface area contributed by atoms with Crippen molar-refractivity contribution in [3.8, 4) is 5.75 Å². The zero-order chi connectivity index (χ0) is 17.0. The van der Waals surface area contributed by atoms with Crippen LogP contribution in [0.15, 0.2) is 22.7 Å². The highest BCUT2D eigenvalue weighted by Crippen LogP contribution is 2.33. The fraction of sp³-hybridized carbons (Fsp3) is 0.214. The Morgan fingerprint density at radius 1 is 1.26 bits per heavy atom. The van der Waals surface area contributed by atoms with Crippen molar-refractivity contribution in [1.82, 2.24) is 5.16 Å². The van der Waals surface area contributed by atoms with Gasteiger partial charge in [0.2, 0.25) is 0 Å². The van der Waals surface area contributed by atoms with E-state index in [1.54, 1.807) is 6.92 Å². The van der Waals surface area contributed by atoms with E-state index in [9.17, 15) is 9.59 Å². The highest BCUT2D eigenvalue weighted by Gasteiger charge is 2.16. The van der Waals surface area contributed by atoms with Crippen LogP contribution in [-0.2, 0) is 9.53 Å². The number of carbonyl (C=O) groups is 2. The third-order valence-electron chi connectivity index (χ3n) is 2.67. The van der Waals surface area contributed by atoms with Crippen LogP contribution in [-0.4, -0.2) is 30.7 Å². The Morgan fingerprint density at radius 2 is 1.91 bits per heavy atom. The number of nitrogens with zero attached hydrogens (tertiary/aromatic N) is 1. The Kier molecular flexibility index (Phi) is 5.46. The van der Waals surface area contributed by atoms with Gasteiger partial charge in [0.05, 0.1) is 22.7 Å². The predicted molar refractivity (Wildman–Crippen MR) is 83.2 cm³/mol. The molecule has 0 bridgehead atoms. The minimum atomic E-state index is -0.747. The van der Waals surface area contributed by atoms with Crippen molar-refractivity contribution in [1.29, 1.82) is 0 Å². The first-order chi connectivity index (χ1) is 10.9. The number of hydrogen-bond acceptors (Lipinski definition) is 6. The first kappa shape index (κ1) is 17.1. The van der Waals surface area contributed by atoms with Crippen LogP contribution < -0.4 is 10.1 Å². The number of methoxy groups -OCH3 is 1. The van der Waals surface area contributed by atoms with Crippen LogP contribution in [0.4, 0.5) is 5.82 Å². The number of ether oxygens (including phenoxy) is 2. The SMILES string of the molecule is COc1c(Cl)cc(C(=O)OCC(=O)Nc2cc(C)on2)cc1Cl. The van der Waals surface area contributed by atoms with E-state index >= 15 is 0 Å².